The number of para-hydroxylation sites is 1. The second kappa shape index (κ2) is 5.90. The molecule has 0 N–H and O–H groups in total. The summed E-state index contributed by atoms with van der Waals surface area (Å²) in [4.78, 5) is 24.4. The zero-order chi connectivity index (χ0) is 12.0. The van der Waals surface area contributed by atoms with Crippen molar-refractivity contribution in [3.63, 3.8) is 0 Å². The minimum atomic E-state index is -0.812. The summed E-state index contributed by atoms with van der Waals surface area (Å²) in [5.74, 6) is -1.44. The molecule has 0 spiro atoms. The minimum Gasteiger partial charge on any atom is -0.459 e. The average Bonchev–Trinajstić information content (AvgIpc) is 2.31. The number of nitrogens with zero attached hydrogens (tertiary/aromatic N) is 1. The molecule has 0 fully saturated rings. The van der Waals surface area contributed by atoms with Gasteiger partial charge in [-0.05, 0) is 26.0 Å². The first-order valence-corrected chi connectivity index (χ1v) is 5.24. The molecule has 0 heterocycles. The molecule has 1 amide bonds. The van der Waals surface area contributed by atoms with Gasteiger partial charge in [0.15, 0.2) is 0 Å². The van der Waals surface area contributed by atoms with Gasteiger partial charge in [0.1, 0.15) is 0 Å². The second-order valence-electron chi connectivity index (χ2n) is 3.11. The molecule has 0 saturated heterocycles. The second-order valence-corrected chi connectivity index (χ2v) is 3.11. The molecule has 0 bridgehead atoms. The molecular formula is C12H15NO3. The van der Waals surface area contributed by atoms with Crippen LogP contribution < -0.4 is 4.90 Å². The van der Waals surface area contributed by atoms with Gasteiger partial charge in [-0.15, -0.1) is 0 Å². The summed E-state index contributed by atoms with van der Waals surface area (Å²) in [7, 11) is 0. The minimum absolute atomic E-state index is 0.205. The summed E-state index contributed by atoms with van der Waals surface area (Å²) < 4.78 is 4.68. The Morgan fingerprint density at radius 2 is 1.81 bits per heavy atom. The SMILES string of the molecule is CCOC(=O)C(=O)N(CC)c1ccccc1. The lowest BCUT2D eigenvalue weighted by Gasteiger charge is -2.19. The van der Waals surface area contributed by atoms with E-state index in [-0.39, 0.29) is 6.61 Å². The van der Waals surface area contributed by atoms with Crippen molar-refractivity contribution in [2.75, 3.05) is 18.1 Å². The van der Waals surface area contributed by atoms with Crippen LogP contribution in [0.4, 0.5) is 5.69 Å². The fourth-order valence-corrected chi connectivity index (χ4v) is 1.35. The molecule has 1 aromatic rings. The smallest absolute Gasteiger partial charge is 0.397 e. The summed E-state index contributed by atoms with van der Waals surface area (Å²) in [6, 6.07) is 9.04. The molecule has 0 aliphatic carbocycles. The third-order valence-corrected chi connectivity index (χ3v) is 2.08. The fraction of sp³-hybridized carbons (Fsp3) is 0.333. The molecular weight excluding hydrogens is 206 g/mol. The Bertz CT molecular complexity index is 362. The number of carbonyl (C=O) groups excluding carboxylic acids is 2. The van der Waals surface area contributed by atoms with Gasteiger partial charge in [-0.3, -0.25) is 4.79 Å². The molecule has 0 aromatic heterocycles. The highest BCUT2D eigenvalue weighted by atomic mass is 16.5. The van der Waals surface area contributed by atoms with Gasteiger partial charge in [0.25, 0.3) is 0 Å². The van der Waals surface area contributed by atoms with E-state index >= 15 is 0 Å². The maximum absolute atomic E-state index is 11.7. The number of esters is 1. The Kier molecular flexibility index (Phi) is 4.51. The Labute approximate surface area is 94.8 Å². The van der Waals surface area contributed by atoms with Gasteiger partial charge in [-0.1, -0.05) is 18.2 Å². The number of anilines is 1. The van der Waals surface area contributed by atoms with E-state index in [1.807, 2.05) is 25.1 Å². The van der Waals surface area contributed by atoms with Gasteiger partial charge < -0.3 is 9.64 Å². The number of ether oxygens (including phenoxy) is 1. The first-order valence-electron chi connectivity index (χ1n) is 5.24. The summed E-state index contributed by atoms with van der Waals surface area (Å²) in [5.41, 5.74) is 0.697. The van der Waals surface area contributed by atoms with Crippen molar-refractivity contribution >= 4 is 17.6 Å². The standard InChI is InChI=1S/C12H15NO3/c1-3-13(10-8-6-5-7-9-10)11(14)12(15)16-4-2/h5-9H,3-4H2,1-2H3. The van der Waals surface area contributed by atoms with Gasteiger partial charge in [0, 0.05) is 12.2 Å². The normalized spacial score (nSPS) is 9.62. The molecule has 0 radical (unpaired) electrons. The first-order chi connectivity index (χ1) is 7.70. The maximum atomic E-state index is 11.7. The average molecular weight is 221 g/mol. The van der Waals surface area contributed by atoms with Crippen LogP contribution in [0.2, 0.25) is 0 Å². The number of likely N-dealkylation sites (N-methyl/N-ethyl adjacent to an activating group) is 1. The largest absolute Gasteiger partial charge is 0.459 e. The van der Waals surface area contributed by atoms with Gasteiger partial charge in [0.2, 0.25) is 0 Å². The van der Waals surface area contributed by atoms with Crippen LogP contribution in [-0.4, -0.2) is 25.0 Å². The maximum Gasteiger partial charge on any atom is 0.397 e. The summed E-state index contributed by atoms with van der Waals surface area (Å²) in [5, 5.41) is 0. The van der Waals surface area contributed by atoms with E-state index in [9.17, 15) is 9.59 Å². The van der Waals surface area contributed by atoms with Crippen LogP contribution in [0.5, 0.6) is 0 Å². The van der Waals surface area contributed by atoms with E-state index in [1.165, 1.54) is 4.90 Å². The van der Waals surface area contributed by atoms with Crippen molar-refractivity contribution < 1.29 is 14.3 Å². The van der Waals surface area contributed by atoms with Crippen LogP contribution in [0.1, 0.15) is 13.8 Å². The van der Waals surface area contributed by atoms with E-state index < -0.39 is 11.9 Å². The molecule has 0 unspecified atom stereocenters. The predicted octanol–water partition coefficient (Wildman–Crippen LogP) is 1.60. The molecule has 1 rings (SSSR count). The quantitative estimate of drug-likeness (QED) is 0.575. The molecule has 0 atom stereocenters. The number of hydrogen-bond donors (Lipinski definition) is 0. The highest BCUT2D eigenvalue weighted by Gasteiger charge is 2.22. The van der Waals surface area contributed by atoms with E-state index in [4.69, 9.17) is 0 Å². The lowest BCUT2D eigenvalue weighted by atomic mass is 10.3. The predicted molar refractivity (Wildman–Crippen MR) is 61.1 cm³/mol. The molecule has 1 aromatic carbocycles. The zero-order valence-corrected chi connectivity index (χ0v) is 9.47. The van der Waals surface area contributed by atoms with Crippen LogP contribution in [0.25, 0.3) is 0 Å². The van der Waals surface area contributed by atoms with Gasteiger partial charge in [0.05, 0.1) is 6.61 Å². The summed E-state index contributed by atoms with van der Waals surface area (Å²) in [6.45, 7) is 4.12. The number of amides is 1. The van der Waals surface area contributed by atoms with E-state index in [2.05, 4.69) is 4.74 Å². The van der Waals surface area contributed by atoms with Crippen LogP contribution in [0.15, 0.2) is 30.3 Å². The monoisotopic (exact) mass is 221 g/mol. The van der Waals surface area contributed by atoms with E-state index in [0.717, 1.165) is 0 Å². The molecule has 16 heavy (non-hydrogen) atoms. The van der Waals surface area contributed by atoms with Crippen molar-refractivity contribution in [3.8, 4) is 0 Å². The number of rotatable bonds is 3. The number of carbonyl (C=O) groups is 2. The Balaban J connectivity index is 2.83. The molecule has 86 valence electrons. The van der Waals surface area contributed by atoms with Crippen molar-refractivity contribution in [3.05, 3.63) is 30.3 Å². The molecule has 0 aliphatic rings. The highest BCUT2D eigenvalue weighted by molar-refractivity contribution is 6.38. The Morgan fingerprint density at radius 3 is 2.31 bits per heavy atom. The Hall–Kier alpha value is -1.84. The van der Waals surface area contributed by atoms with Gasteiger partial charge in [-0.2, -0.15) is 0 Å². The number of hydrogen-bond acceptors (Lipinski definition) is 3. The Morgan fingerprint density at radius 1 is 1.19 bits per heavy atom. The van der Waals surface area contributed by atoms with Crippen molar-refractivity contribution in [2.45, 2.75) is 13.8 Å². The summed E-state index contributed by atoms with van der Waals surface area (Å²) >= 11 is 0. The van der Waals surface area contributed by atoms with Crippen LogP contribution >= 0.6 is 0 Å². The molecule has 0 saturated carbocycles. The third-order valence-electron chi connectivity index (χ3n) is 2.08. The zero-order valence-electron chi connectivity index (χ0n) is 9.47. The van der Waals surface area contributed by atoms with E-state index in [0.29, 0.717) is 12.2 Å². The van der Waals surface area contributed by atoms with Crippen LogP contribution in [0.3, 0.4) is 0 Å². The van der Waals surface area contributed by atoms with Crippen molar-refractivity contribution in [2.24, 2.45) is 0 Å². The fourth-order valence-electron chi connectivity index (χ4n) is 1.35. The van der Waals surface area contributed by atoms with Crippen molar-refractivity contribution in [1.82, 2.24) is 0 Å². The first kappa shape index (κ1) is 12.2. The molecule has 0 aliphatic heterocycles. The van der Waals surface area contributed by atoms with E-state index in [1.54, 1.807) is 19.1 Å². The van der Waals surface area contributed by atoms with Gasteiger partial charge in [-0.25, -0.2) is 4.79 Å². The third kappa shape index (κ3) is 2.82. The van der Waals surface area contributed by atoms with Crippen LogP contribution in [0, 0.1) is 0 Å². The highest BCUT2D eigenvalue weighted by Crippen LogP contribution is 2.13. The van der Waals surface area contributed by atoms with Crippen LogP contribution in [-0.2, 0) is 14.3 Å². The topological polar surface area (TPSA) is 46.6 Å². The lowest BCUT2D eigenvalue weighted by molar-refractivity contribution is -0.153. The summed E-state index contributed by atoms with van der Waals surface area (Å²) in [6.07, 6.45) is 0. The molecule has 4 heteroatoms. The molecule has 4 nitrogen and oxygen atoms in total. The van der Waals surface area contributed by atoms with Crippen molar-refractivity contribution in [1.29, 1.82) is 0 Å². The lowest BCUT2D eigenvalue weighted by Crippen LogP contribution is -2.37. The number of benzene rings is 1. The van der Waals surface area contributed by atoms with Gasteiger partial charge >= 0.3 is 11.9 Å².